The highest BCUT2D eigenvalue weighted by Crippen LogP contribution is 2.05. The fourth-order valence-electron chi connectivity index (χ4n) is 1.54. The van der Waals surface area contributed by atoms with E-state index in [1.165, 1.54) is 6.26 Å². The lowest BCUT2D eigenvalue weighted by Gasteiger charge is -2.16. The number of anilines is 1. The minimum Gasteiger partial charge on any atom is -0.343 e. The van der Waals surface area contributed by atoms with Crippen LogP contribution in [0, 0.1) is 5.92 Å². The number of aromatic nitrogens is 2. The van der Waals surface area contributed by atoms with Crippen LogP contribution in [-0.2, 0) is 16.4 Å². The molecule has 0 aliphatic heterocycles. The predicted molar refractivity (Wildman–Crippen MR) is 81.6 cm³/mol. The second-order valence-electron chi connectivity index (χ2n) is 5.47. The van der Waals surface area contributed by atoms with E-state index < -0.39 is 9.84 Å². The van der Waals surface area contributed by atoms with Gasteiger partial charge in [-0.1, -0.05) is 13.8 Å². The van der Waals surface area contributed by atoms with Crippen molar-refractivity contribution in [1.82, 2.24) is 15.3 Å². The molecule has 1 rings (SSSR count). The summed E-state index contributed by atoms with van der Waals surface area (Å²) in [5, 5.41) is 3.32. The SMILES string of the molecule is CC(C)CNCc1cnc(N(C)CCS(C)(=O)=O)nc1. The number of nitrogens with zero attached hydrogens (tertiary/aromatic N) is 3. The first-order valence-corrected chi connectivity index (χ1v) is 8.74. The highest BCUT2D eigenvalue weighted by molar-refractivity contribution is 7.90. The maximum atomic E-state index is 11.1. The summed E-state index contributed by atoms with van der Waals surface area (Å²) in [7, 11) is -1.17. The molecule has 0 radical (unpaired) electrons. The predicted octanol–water partition coefficient (Wildman–Crippen LogP) is 0.703. The molecule has 0 spiro atoms. The fourth-order valence-corrected chi connectivity index (χ4v) is 2.15. The Morgan fingerprint density at radius 3 is 2.40 bits per heavy atom. The van der Waals surface area contributed by atoms with Crippen LogP contribution in [0.15, 0.2) is 12.4 Å². The zero-order chi connectivity index (χ0) is 15.2. The molecule has 0 bridgehead atoms. The van der Waals surface area contributed by atoms with E-state index >= 15 is 0 Å². The van der Waals surface area contributed by atoms with Gasteiger partial charge < -0.3 is 10.2 Å². The van der Waals surface area contributed by atoms with Gasteiger partial charge in [-0.15, -0.1) is 0 Å². The van der Waals surface area contributed by atoms with Crippen molar-refractivity contribution < 1.29 is 8.42 Å². The van der Waals surface area contributed by atoms with Crippen LogP contribution < -0.4 is 10.2 Å². The number of sulfone groups is 1. The van der Waals surface area contributed by atoms with E-state index in [0.717, 1.165) is 18.7 Å². The second-order valence-corrected chi connectivity index (χ2v) is 7.73. The van der Waals surface area contributed by atoms with Gasteiger partial charge >= 0.3 is 0 Å². The summed E-state index contributed by atoms with van der Waals surface area (Å²) in [5.74, 6) is 1.25. The topological polar surface area (TPSA) is 75.2 Å². The summed E-state index contributed by atoms with van der Waals surface area (Å²) < 4.78 is 22.2. The molecule has 0 saturated carbocycles. The smallest absolute Gasteiger partial charge is 0.225 e. The van der Waals surface area contributed by atoms with Crippen molar-refractivity contribution in [2.75, 3.05) is 37.0 Å². The third kappa shape index (κ3) is 6.81. The fraction of sp³-hybridized carbons (Fsp3) is 0.692. The molecule has 0 aliphatic rings. The summed E-state index contributed by atoms with van der Waals surface area (Å²) in [4.78, 5) is 10.3. The van der Waals surface area contributed by atoms with Crippen LogP contribution >= 0.6 is 0 Å². The molecule has 1 N–H and O–H groups in total. The minimum absolute atomic E-state index is 0.102. The third-order valence-corrected chi connectivity index (χ3v) is 3.64. The van der Waals surface area contributed by atoms with Crippen molar-refractivity contribution in [2.24, 2.45) is 5.92 Å². The monoisotopic (exact) mass is 300 g/mol. The molecular formula is C13H24N4O2S. The summed E-state index contributed by atoms with van der Waals surface area (Å²) in [6.45, 7) is 6.40. The van der Waals surface area contributed by atoms with Crippen molar-refractivity contribution >= 4 is 15.8 Å². The molecule has 114 valence electrons. The van der Waals surface area contributed by atoms with E-state index in [-0.39, 0.29) is 5.75 Å². The molecule has 0 amide bonds. The summed E-state index contributed by atoms with van der Waals surface area (Å²) in [5.41, 5.74) is 1.02. The molecule has 0 aliphatic carbocycles. The minimum atomic E-state index is -2.96. The molecule has 1 aromatic rings. The zero-order valence-electron chi connectivity index (χ0n) is 12.6. The van der Waals surface area contributed by atoms with Gasteiger partial charge in [0, 0.05) is 44.4 Å². The van der Waals surface area contributed by atoms with Crippen molar-refractivity contribution in [2.45, 2.75) is 20.4 Å². The summed E-state index contributed by atoms with van der Waals surface area (Å²) >= 11 is 0. The van der Waals surface area contributed by atoms with Gasteiger partial charge in [-0.3, -0.25) is 0 Å². The van der Waals surface area contributed by atoms with Crippen molar-refractivity contribution in [1.29, 1.82) is 0 Å². The highest BCUT2D eigenvalue weighted by atomic mass is 32.2. The van der Waals surface area contributed by atoms with E-state index in [1.54, 1.807) is 24.3 Å². The Morgan fingerprint density at radius 1 is 1.30 bits per heavy atom. The third-order valence-electron chi connectivity index (χ3n) is 2.71. The first-order valence-electron chi connectivity index (χ1n) is 6.68. The maximum absolute atomic E-state index is 11.1. The quantitative estimate of drug-likeness (QED) is 0.762. The average Bonchev–Trinajstić information content (AvgIpc) is 2.35. The molecular weight excluding hydrogens is 276 g/mol. The van der Waals surface area contributed by atoms with Crippen LogP contribution in [0.2, 0.25) is 0 Å². The van der Waals surface area contributed by atoms with E-state index in [1.807, 2.05) is 0 Å². The van der Waals surface area contributed by atoms with Crippen LogP contribution in [0.4, 0.5) is 5.95 Å². The van der Waals surface area contributed by atoms with Gasteiger partial charge in [-0.25, -0.2) is 18.4 Å². The van der Waals surface area contributed by atoms with Crippen molar-refractivity contribution in [3.8, 4) is 0 Å². The Kier molecular flexibility index (Phi) is 6.35. The molecule has 0 saturated heterocycles. The second kappa shape index (κ2) is 7.54. The largest absolute Gasteiger partial charge is 0.343 e. The molecule has 20 heavy (non-hydrogen) atoms. The van der Waals surface area contributed by atoms with Gasteiger partial charge in [0.1, 0.15) is 9.84 Å². The average molecular weight is 300 g/mol. The summed E-state index contributed by atoms with van der Waals surface area (Å²) in [6.07, 6.45) is 4.77. The van der Waals surface area contributed by atoms with Gasteiger partial charge in [0.25, 0.3) is 0 Å². The molecule has 0 fully saturated rings. The van der Waals surface area contributed by atoms with Crippen LogP contribution in [-0.4, -0.2) is 50.5 Å². The molecule has 1 aromatic heterocycles. The van der Waals surface area contributed by atoms with E-state index in [2.05, 4.69) is 29.1 Å². The first-order chi connectivity index (χ1) is 9.28. The van der Waals surface area contributed by atoms with Gasteiger partial charge in [-0.05, 0) is 12.5 Å². The van der Waals surface area contributed by atoms with Crippen LogP contribution in [0.25, 0.3) is 0 Å². The molecule has 7 heteroatoms. The van der Waals surface area contributed by atoms with Gasteiger partial charge in [0.15, 0.2) is 0 Å². The van der Waals surface area contributed by atoms with Crippen molar-refractivity contribution in [3.05, 3.63) is 18.0 Å². The lowest BCUT2D eigenvalue weighted by Crippen LogP contribution is -2.26. The zero-order valence-corrected chi connectivity index (χ0v) is 13.4. The maximum Gasteiger partial charge on any atom is 0.225 e. The number of nitrogens with one attached hydrogen (secondary N) is 1. The Bertz CT molecular complexity index is 500. The van der Waals surface area contributed by atoms with E-state index in [9.17, 15) is 8.42 Å². The van der Waals surface area contributed by atoms with Crippen LogP contribution in [0.3, 0.4) is 0 Å². The molecule has 6 nitrogen and oxygen atoms in total. The molecule has 0 unspecified atom stereocenters. The van der Waals surface area contributed by atoms with Gasteiger partial charge in [0.2, 0.25) is 5.95 Å². The Hall–Kier alpha value is -1.21. The standard InChI is InChI=1S/C13H24N4O2S/c1-11(2)7-14-8-12-9-15-13(16-10-12)17(3)5-6-20(4,18)19/h9-11,14H,5-8H2,1-4H3. The molecule has 0 atom stereocenters. The lowest BCUT2D eigenvalue weighted by molar-refractivity contribution is 0.551. The van der Waals surface area contributed by atoms with Crippen LogP contribution in [0.1, 0.15) is 19.4 Å². The van der Waals surface area contributed by atoms with Gasteiger partial charge in [-0.2, -0.15) is 0 Å². The number of rotatable bonds is 8. The highest BCUT2D eigenvalue weighted by Gasteiger charge is 2.08. The Labute approximate surface area is 121 Å². The Balaban J connectivity index is 2.49. The first kappa shape index (κ1) is 16.8. The normalized spacial score (nSPS) is 11.8. The lowest BCUT2D eigenvalue weighted by atomic mass is 10.2. The van der Waals surface area contributed by atoms with Gasteiger partial charge in [0.05, 0.1) is 5.75 Å². The molecule has 0 aromatic carbocycles. The van der Waals surface area contributed by atoms with Crippen molar-refractivity contribution in [3.63, 3.8) is 0 Å². The summed E-state index contributed by atoms with van der Waals surface area (Å²) in [6, 6.07) is 0. The number of hydrogen-bond acceptors (Lipinski definition) is 6. The van der Waals surface area contributed by atoms with Crippen LogP contribution in [0.5, 0.6) is 0 Å². The van der Waals surface area contributed by atoms with E-state index in [4.69, 9.17) is 0 Å². The van der Waals surface area contributed by atoms with E-state index in [0.29, 0.717) is 18.4 Å². The molecule has 1 heterocycles. The number of hydrogen-bond donors (Lipinski definition) is 1. The Morgan fingerprint density at radius 2 is 1.90 bits per heavy atom.